The maximum Gasteiger partial charge on any atom is 0.173 e. The van der Waals surface area contributed by atoms with E-state index >= 15 is 0 Å². The molecule has 3 aromatic rings. The predicted molar refractivity (Wildman–Crippen MR) is 122 cm³/mol. The summed E-state index contributed by atoms with van der Waals surface area (Å²) in [5.41, 5.74) is 3.96. The van der Waals surface area contributed by atoms with Gasteiger partial charge < -0.3 is 0 Å². The Morgan fingerprint density at radius 3 is 2.32 bits per heavy atom. The van der Waals surface area contributed by atoms with Gasteiger partial charge in [0.25, 0.3) is 0 Å². The summed E-state index contributed by atoms with van der Waals surface area (Å²) in [7, 11) is 0. The highest BCUT2D eigenvalue weighted by Gasteiger charge is 2.32. The van der Waals surface area contributed by atoms with E-state index in [0.29, 0.717) is 6.04 Å². The monoisotopic (exact) mass is 416 g/mol. The molecule has 6 nitrogen and oxygen atoms in total. The first-order chi connectivity index (χ1) is 15.3. The van der Waals surface area contributed by atoms with Gasteiger partial charge in [0.15, 0.2) is 5.82 Å². The maximum atomic E-state index is 4.57. The number of tetrazole rings is 1. The first kappa shape index (κ1) is 20.3. The van der Waals surface area contributed by atoms with E-state index in [9.17, 15) is 0 Å². The van der Waals surface area contributed by atoms with Crippen LogP contribution in [-0.2, 0) is 6.54 Å². The van der Waals surface area contributed by atoms with Gasteiger partial charge in [-0.1, -0.05) is 73.0 Å². The molecule has 0 radical (unpaired) electrons. The van der Waals surface area contributed by atoms with E-state index < -0.39 is 0 Å². The third-order valence-electron chi connectivity index (χ3n) is 6.85. The Morgan fingerprint density at radius 1 is 0.903 bits per heavy atom. The van der Waals surface area contributed by atoms with Crippen molar-refractivity contribution in [3.8, 4) is 0 Å². The zero-order chi connectivity index (χ0) is 21.0. The molecule has 0 N–H and O–H groups in total. The predicted octanol–water partition coefficient (Wildman–Crippen LogP) is 4.00. The first-order valence-electron chi connectivity index (χ1n) is 11.6. The normalized spacial score (nSPS) is 19.6. The second-order valence-electron chi connectivity index (χ2n) is 9.03. The van der Waals surface area contributed by atoms with Crippen LogP contribution < -0.4 is 0 Å². The summed E-state index contributed by atoms with van der Waals surface area (Å²) in [4.78, 5) is 5.13. The molecule has 1 saturated heterocycles. The number of rotatable bonds is 6. The molecule has 2 fully saturated rings. The van der Waals surface area contributed by atoms with Crippen LogP contribution in [0.2, 0.25) is 0 Å². The van der Waals surface area contributed by atoms with Gasteiger partial charge in [0, 0.05) is 32.7 Å². The molecule has 2 aliphatic rings. The number of aryl methyl sites for hydroxylation is 1. The molecule has 162 valence electrons. The van der Waals surface area contributed by atoms with Crippen molar-refractivity contribution >= 4 is 0 Å². The number of hydrogen-bond donors (Lipinski definition) is 0. The van der Waals surface area contributed by atoms with Crippen LogP contribution in [0.1, 0.15) is 60.3 Å². The molecule has 5 rings (SSSR count). The largest absolute Gasteiger partial charge is 0.297 e. The molecule has 0 bridgehead atoms. The molecule has 0 amide bonds. The maximum absolute atomic E-state index is 4.57. The van der Waals surface area contributed by atoms with Crippen molar-refractivity contribution in [2.75, 3.05) is 26.2 Å². The molecule has 0 unspecified atom stereocenters. The topological polar surface area (TPSA) is 50.1 Å². The van der Waals surface area contributed by atoms with Gasteiger partial charge >= 0.3 is 0 Å². The van der Waals surface area contributed by atoms with Crippen LogP contribution >= 0.6 is 0 Å². The highest BCUT2D eigenvalue weighted by molar-refractivity contribution is 5.28. The number of aromatic nitrogens is 4. The van der Waals surface area contributed by atoms with Crippen molar-refractivity contribution < 1.29 is 0 Å². The molecule has 2 heterocycles. The Kier molecular flexibility index (Phi) is 6.09. The minimum Gasteiger partial charge on any atom is -0.297 e. The summed E-state index contributed by atoms with van der Waals surface area (Å²) in [6.45, 7) is 7.31. The van der Waals surface area contributed by atoms with Crippen molar-refractivity contribution in [1.29, 1.82) is 0 Å². The van der Waals surface area contributed by atoms with E-state index in [-0.39, 0.29) is 6.04 Å². The third-order valence-corrected chi connectivity index (χ3v) is 6.85. The number of piperazine rings is 1. The molecular weight excluding hydrogens is 384 g/mol. The molecular formula is C25H32N6. The van der Waals surface area contributed by atoms with Gasteiger partial charge in [-0.3, -0.25) is 9.80 Å². The molecule has 1 saturated carbocycles. The van der Waals surface area contributed by atoms with Crippen molar-refractivity contribution in [2.24, 2.45) is 0 Å². The SMILES string of the molecule is Cc1ccc([C@@H](c2nnnn2C2CCCC2)N2CCN(Cc3ccccc3)CC2)cc1. The number of nitrogens with zero attached hydrogens (tertiary/aromatic N) is 6. The quantitative estimate of drug-likeness (QED) is 0.608. The van der Waals surface area contributed by atoms with Crippen LogP contribution in [0.25, 0.3) is 0 Å². The molecule has 1 atom stereocenters. The minimum atomic E-state index is 0.107. The van der Waals surface area contributed by atoms with E-state index in [0.717, 1.165) is 38.5 Å². The van der Waals surface area contributed by atoms with Crippen molar-refractivity contribution in [3.05, 3.63) is 77.1 Å². The minimum absolute atomic E-state index is 0.107. The van der Waals surface area contributed by atoms with Gasteiger partial charge in [-0.2, -0.15) is 0 Å². The molecule has 6 heteroatoms. The summed E-state index contributed by atoms with van der Waals surface area (Å²) in [6, 6.07) is 20.2. The first-order valence-corrected chi connectivity index (χ1v) is 11.6. The zero-order valence-electron chi connectivity index (χ0n) is 18.4. The van der Waals surface area contributed by atoms with E-state index in [4.69, 9.17) is 0 Å². The summed E-state index contributed by atoms with van der Waals surface area (Å²) in [5.74, 6) is 1.01. The van der Waals surface area contributed by atoms with Gasteiger partial charge in [-0.25, -0.2) is 4.68 Å². The lowest BCUT2D eigenvalue weighted by atomic mass is 10.0. The van der Waals surface area contributed by atoms with Gasteiger partial charge in [-0.15, -0.1) is 5.10 Å². The Morgan fingerprint density at radius 2 is 1.61 bits per heavy atom. The molecule has 31 heavy (non-hydrogen) atoms. The van der Waals surface area contributed by atoms with Crippen LogP contribution in [0.4, 0.5) is 0 Å². The number of benzene rings is 2. The average molecular weight is 417 g/mol. The van der Waals surface area contributed by atoms with Crippen LogP contribution in [0.15, 0.2) is 54.6 Å². The van der Waals surface area contributed by atoms with Gasteiger partial charge in [-0.05, 0) is 41.3 Å². The fourth-order valence-corrected chi connectivity index (χ4v) is 5.08. The second kappa shape index (κ2) is 9.28. The molecule has 2 aromatic carbocycles. The Bertz CT molecular complexity index is 953. The van der Waals surface area contributed by atoms with Crippen molar-refractivity contribution in [1.82, 2.24) is 30.0 Å². The van der Waals surface area contributed by atoms with E-state index in [1.54, 1.807) is 0 Å². The van der Waals surface area contributed by atoms with E-state index in [1.807, 2.05) is 0 Å². The zero-order valence-corrected chi connectivity index (χ0v) is 18.4. The summed E-state index contributed by atoms with van der Waals surface area (Å²) in [5, 5.41) is 13.1. The third kappa shape index (κ3) is 4.55. The second-order valence-corrected chi connectivity index (χ2v) is 9.03. The van der Waals surface area contributed by atoms with Crippen LogP contribution in [0, 0.1) is 6.92 Å². The van der Waals surface area contributed by atoms with Crippen LogP contribution in [-0.4, -0.2) is 56.2 Å². The fraction of sp³-hybridized carbons (Fsp3) is 0.480. The van der Waals surface area contributed by atoms with Crippen molar-refractivity contribution in [3.63, 3.8) is 0 Å². The smallest absolute Gasteiger partial charge is 0.173 e. The molecule has 1 aromatic heterocycles. The number of hydrogen-bond acceptors (Lipinski definition) is 5. The highest BCUT2D eigenvalue weighted by atomic mass is 15.6. The summed E-state index contributed by atoms with van der Waals surface area (Å²) in [6.07, 6.45) is 4.92. The van der Waals surface area contributed by atoms with Crippen LogP contribution in [0.3, 0.4) is 0 Å². The fourth-order valence-electron chi connectivity index (χ4n) is 5.08. The molecule has 1 aliphatic carbocycles. The van der Waals surface area contributed by atoms with Crippen LogP contribution in [0.5, 0.6) is 0 Å². The molecule has 0 spiro atoms. The lowest BCUT2D eigenvalue weighted by Crippen LogP contribution is -2.48. The average Bonchev–Trinajstić information content (AvgIpc) is 3.49. The Labute approximate surface area is 184 Å². The summed E-state index contributed by atoms with van der Waals surface area (Å²) < 4.78 is 2.13. The van der Waals surface area contributed by atoms with E-state index in [1.165, 1.54) is 42.4 Å². The lowest BCUT2D eigenvalue weighted by molar-refractivity contribution is 0.0993. The highest BCUT2D eigenvalue weighted by Crippen LogP contribution is 2.34. The lowest BCUT2D eigenvalue weighted by Gasteiger charge is -2.39. The van der Waals surface area contributed by atoms with Gasteiger partial charge in [0.2, 0.25) is 0 Å². The summed E-state index contributed by atoms with van der Waals surface area (Å²) >= 11 is 0. The van der Waals surface area contributed by atoms with Gasteiger partial charge in [0.1, 0.15) is 0 Å². The standard InChI is InChI=1S/C25H32N6/c1-20-11-13-22(14-12-20)24(25-26-27-28-31(25)23-9-5-6-10-23)30-17-15-29(16-18-30)19-21-7-3-2-4-8-21/h2-4,7-8,11-14,23-24H,5-6,9-10,15-19H2,1H3/t24-/m0/s1. The Hall–Kier alpha value is -2.57. The van der Waals surface area contributed by atoms with E-state index in [2.05, 4.69) is 91.5 Å². The van der Waals surface area contributed by atoms with Gasteiger partial charge in [0.05, 0.1) is 12.1 Å². The molecule has 1 aliphatic heterocycles. The van der Waals surface area contributed by atoms with Crippen molar-refractivity contribution in [2.45, 2.75) is 51.2 Å². The Balaban J connectivity index is 1.37.